The lowest BCUT2D eigenvalue weighted by molar-refractivity contribution is 0.00684. The molecule has 1 unspecified atom stereocenters. The quantitative estimate of drug-likeness (QED) is 0.351. The minimum Gasteiger partial charge on any atom is -0.464 e. The highest BCUT2D eigenvalue weighted by Crippen LogP contribution is 2.21. The van der Waals surface area contributed by atoms with Gasteiger partial charge in [-0.2, -0.15) is 0 Å². The Balaban J connectivity index is 1.75. The Labute approximate surface area is 82.2 Å². The van der Waals surface area contributed by atoms with Crippen LogP contribution in [0.2, 0.25) is 0 Å². The van der Waals surface area contributed by atoms with Crippen LogP contribution in [-0.4, -0.2) is 59.5 Å². The zero-order valence-corrected chi connectivity index (χ0v) is 7.93. The predicted molar refractivity (Wildman–Crippen MR) is 48.6 cm³/mol. The highest BCUT2D eigenvalue weighted by Gasteiger charge is 2.38. The molecule has 6 nitrogen and oxygen atoms in total. The van der Waals surface area contributed by atoms with E-state index in [0.717, 1.165) is 37.7 Å². The fraction of sp³-hybridized carbons (Fsp3) is 0.875. The van der Waals surface area contributed by atoms with Gasteiger partial charge in [-0.25, -0.2) is 15.6 Å². The second-order valence-electron chi connectivity index (χ2n) is 3.81. The molecule has 14 heavy (non-hydrogen) atoms. The number of carbonyl (C=O) groups is 1. The molecule has 2 fully saturated rings. The van der Waals surface area contributed by atoms with Crippen LogP contribution in [0.25, 0.3) is 0 Å². The normalized spacial score (nSPS) is 28.8. The van der Waals surface area contributed by atoms with Crippen LogP contribution in [0.15, 0.2) is 0 Å². The van der Waals surface area contributed by atoms with E-state index in [1.54, 1.807) is 0 Å². The second kappa shape index (κ2) is 3.72. The van der Waals surface area contributed by atoms with Crippen LogP contribution < -0.4 is 5.84 Å². The molecule has 2 saturated heterocycles. The van der Waals surface area contributed by atoms with Crippen LogP contribution in [0.4, 0.5) is 4.79 Å². The molecule has 0 bridgehead atoms. The summed E-state index contributed by atoms with van der Waals surface area (Å²) in [5.74, 6) is 5.36. The van der Waals surface area contributed by atoms with Crippen LogP contribution >= 0.6 is 0 Å². The summed E-state index contributed by atoms with van der Waals surface area (Å²) in [5.41, 5.74) is 0. The molecule has 1 atom stereocenters. The van der Waals surface area contributed by atoms with E-state index in [1.165, 1.54) is 0 Å². The average molecular weight is 201 g/mol. The first-order valence-corrected chi connectivity index (χ1v) is 4.77. The molecular weight excluding hydrogens is 186 g/mol. The summed E-state index contributed by atoms with van der Waals surface area (Å²) in [6.07, 6.45) is -0.0120. The number of carboxylic acid groups (broad SMARTS) is 1. The number of likely N-dealkylation sites (tertiary alicyclic amines) is 1. The van der Waals surface area contributed by atoms with Gasteiger partial charge >= 0.3 is 6.09 Å². The molecule has 0 aromatic rings. The minimum atomic E-state index is -1.06. The first-order valence-electron chi connectivity index (χ1n) is 4.77. The second-order valence-corrected chi connectivity index (χ2v) is 3.81. The van der Waals surface area contributed by atoms with E-state index in [9.17, 15) is 4.79 Å². The average Bonchev–Trinajstić information content (AvgIpc) is 2.54. The minimum absolute atomic E-state index is 0.0481. The van der Waals surface area contributed by atoms with E-state index < -0.39 is 6.09 Å². The monoisotopic (exact) mass is 201 g/mol. The fourth-order valence-corrected chi connectivity index (χ4v) is 1.93. The van der Waals surface area contributed by atoms with Gasteiger partial charge in [0.2, 0.25) is 0 Å². The maximum atomic E-state index is 10.5. The van der Waals surface area contributed by atoms with Crippen molar-refractivity contribution in [3.8, 4) is 0 Å². The Morgan fingerprint density at radius 2 is 2.29 bits per heavy atom. The van der Waals surface area contributed by atoms with Crippen LogP contribution in [0.3, 0.4) is 0 Å². The molecule has 0 aliphatic carbocycles. The van der Waals surface area contributed by atoms with Crippen LogP contribution in [-0.2, 0) is 4.74 Å². The number of ether oxygens (including phenoxy) is 1. The van der Waals surface area contributed by atoms with Gasteiger partial charge in [0, 0.05) is 25.7 Å². The van der Waals surface area contributed by atoms with Gasteiger partial charge < -0.3 is 9.84 Å². The molecule has 0 radical (unpaired) electrons. The van der Waals surface area contributed by atoms with Crippen molar-refractivity contribution >= 4 is 6.09 Å². The number of nitrogens with two attached hydrogens (primary N) is 1. The van der Waals surface area contributed by atoms with Gasteiger partial charge in [0.1, 0.15) is 0 Å². The van der Waals surface area contributed by atoms with Gasteiger partial charge in [0.25, 0.3) is 0 Å². The molecule has 0 saturated carbocycles. The van der Waals surface area contributed by atoms with Gasteiger partial charge in [-0.1, -0.05) is 0 Å². The van der Waals surface area contributed by atoms with Crippen LogP contribution in [0.5, 0.6) is 0 Å². The third-order valence-electron chi connectivity index (χ3n) is 2.93. The van der Waals surface area contributed by atoms with Crippen LogP contribution in [0, 0.1) is 0 Å². The zero-order chi connectivity index (χ0) is 10.1. The molecular formula is C8H15N3O3. The highest BCUT2D eigenvalue weighted by atomic mass is 16.5. The zero-order valence-electron chi connectivity index (χ0n) is 7.93. The van der Waals surface area contributed by atoms with E-state index >= 15 is 0 Å². The van der Waals surface area contributed by atoms with Crippen molar-refractivity contribution in [2.45, 2.75) is 18.5 Å². The number of nitrogens with zero attached hydrogens (tertiary/aromatic N) is 2. The third-order valence-corrected chi connectivity index (χ3v) is 2.93. The standard InChI is InChI=1S/C8H15N3O3/c9-11(8(12)13)7-3-10(4-7)6-1-2-14-5-6/h6-7H,1-5,9H2,(H,12,13). The summed E-state index contributed by atoms with van der Waals surface area (Å²) in [5, 5.41) is 9.52. The molecule has 6 heteroatoms. The molecule has 2 heterocycles. The maximum absolute atomic E-state index is 10.5. The molecule has 3 N–H and O–H groups in total. The molecule has 2 aliphatic heterocycles. The van der Waals surface area contributed by atoms with Gasteiger partial charge in [-0.05, 0) is 6.42 Å². The molecule has 1 amide bonds. The molecule has 80 valence electrons. The fourth-order valence-electron chi connectivity index (χ4n) is 1.93. The van der Waals surface area contributed by atoms with Crippen molar-refractivity contribution in [1.29, 1.82) is 0 Å². The summed E-state index contributed by atoms with van der Waals surface area (Å²) in [6.45, 7) is 3.05. The van der Waals surface area contributed by atoms with Crippen molar-refractivity contribution < 1.29 is 14.6 Å². The number of hydrazine groups is 1. The third kappa shape index (κ3) is 1.68. The Hall–Kier alpha value is -0.850. The summed E-state index contributed by atoms with van der Waals surface area (Å²) in [6, 6.07) is 0.418. The van der Waals surface area contributed by atoms with Crippen molar-refractivity contribution in [1.82, 2.24) is 9.91 Å². The first-order chi connectivity index (χ1) is 6.68. The largest absolute Gasteiger partial charge is 0.464 e. The topological polar surface area (TPSA) is 79.0 Å². The van der Waals surface area contributed by atoms with Gasteiger partial charge in [-0.15, -0.1) is 0 Å². The number of rotatable bonds is 2. The summed E-state index contributed by atoms with van der Waals surface area (Å²) in [4.78, 5) is 12.7. The lowest BCUT2D eigenvalue weighted by atomic mass is 10.0. The van der Waals surface area contributed by atoms with Crippen molar-refractivity contribution in [2.24, 2.45) is 5.84 Å². The lowest BCUT2D eigenvalue weighted by Crippen LogP contribution is -2.65. The van der Waals surface area contributed by atoms with Crippen molar-refractivity contribution in [3.05, 3.63) is 0 Å². The van der Waals surface area contributed by atoms with Crippen molar-refractivity contribution in [2.75, 3.05) is 26.3 Å². The number of hydrogen-bond acceptors (Lipinski definition) is 4. The van der Waals surface area contributed by atoms with E-state index in [4.69, 9.17) is 15.7 Å². The van der Waals surface area contributed by atoms with E-state index in [1.807, 2.05) is 0 Å². The molecule has 0 aromatic carbocycles. The first kappa shape index (κ1) is 9.70. The molecule has 2 aliphatic rings. The lowest BCUT2D eigenvalue weighted by Gasteiger charge is -2.45. The summed E-state index contributed by atoms with van der Waals surface area (Å²) in [7, 11) is 0. The highest BCUT2D eigenvalue weighted by molar-refractivity contribution is 5.64. The Kier molecular flexibility index (Phi) is 2.58. The smallest absolute Gasteiger partial charge is 0.421 e. The number of hydrogen-bond donors (Lipinski definition) is 2. The number of amides is 1. The van der Waals surface area contributed by atoms with Crippen molar-refractivity contribution in [3.63, 3.8) is 0 Å². The van der Waals surface area contributed by atoms with Crippen LogP contribution in [0.1, 0.15) is 6.42 Å². The Morgan fingerprint density at radius 1 is 1.57 bits per heavy atom. The van der Waals surface area contributed by atoms with Gasteiger partial charge in [0.15, 0.2) is 0 Å². The summed E-state index contributed by atoms with van der Waals surface area (Å²) >= 11 is 0. The Bertz CT molecular complexity index is 224. The SMILES string of the molecule is NN(C(=O)O)C1CN(C2CCOC2)C1. The van der Waals surface area contributed by atoms with Gasteiger partial charge in [0.05, 0.1) is 12.6 Å². The van der Waals surface area contributed by atoms with E-state index in [0.29, 0.717) is 6.04 Å². The molecule has 2 rings (SSSR count). The summed E-state index contributed by atoms with van der Waals surface area (Å²) < 4.78 is 5.25. The molecule has 0 spiro atoms. The molecule has 0 aromatic heterocycles. The maximum Gasteiger partial charge on any atom is 0.421 e. The van der Waals surface area contributed by atoms with E-state index in [-0.39, 0.29) is 6.04 Å². The van der Waals surface area contributed by atoms with Gasteiger partial charge in [-0.3, -0.25) is 4.90 Å². The predicted octanol–water partition coefficient (Wildman–Crippen LogP) is -0.687. The Morgan fingerprint density at radius 3 is 2.79 bits per heavy atom. The van der Waals surface area contributed by atoms with E-state index in [2.05, 4.69) is 4.90 Å².